The number of halogens is 1. The van der Waals surface area contributed by atoms with Gasteiger partial charge in [-0.1, -0.05) is 0 Å². The van der Waals surface area contributed by atoms with Crippen molar-refractivity contribution < 1.29 is 9.18 Å². The molecule has 1 fully saturated rings. The summed E-state index contributed by atoms with van der Waals surface area (Å²) in [5.74, 6) is -0.0861. The lowest BCUT2D eigenvalue weighted by Gasteiger charge is -2.23. The predicted molar refractivity (Wildman–Crippen MR) is 88.2 cm³/mol. The maximum absolute atomic E-state index is 13.0. The van der Waals surface area contributed by atoms with Crippen LogP contribution in [-0.4, -0.2) is 37.0 Å². The summed E-state index contributed by atoms with van der Waals surface area (Å²) < 4.78 is 13.0. The molecule has 0 aliphatic carbocycles. The Bertz CT molecular complexity index is 653. The third-order valence-electron chi connectivity index (χ3n) is 4.03. The van der Waals surface area contributed by atoms with E-state index < -0.39 is 0 Å². The van der Waals surface area contributed by atoms with Crippen molar-refractivity contribution in [2.75, 3.05) is 31.1 Å². The Labute approximate surface area is 134 Å². The van der Waals surface area contributed by atoms with Crippen LogP contribution >= 0.6 is 11.3 Å². The lowest BCUT2D eigenvalue weighted by atomic mass is 10.2. The highest BCUT2D eigenvalue weighted by atomic mass is 32.1. The Morgan fingerprint density at radius 3 is 2.55 bits per heavy atom. The highest BCUT2D eigenvalue weighted by Gasteiger charge is 2.22. The van der Waals surface area contributed by atoms with Gasteiger partial charge in [0.05, 0.1) is 4.88 Å². The van der Waals surface area contributed by atoms with Gasteiger partial charge >= 0.3 is 0 Å². The summed E-state index contributed by atoms with van der Waals surface area (Å²) in [5, 5.41) is 1.96. The zero-order valence-electron chi connectivity index (χ0n) is 12.6. The number of rotatable bonds is 2. The number of carbonyl (C=O) groups excluding carboxylic acids is 1. The summed E-state index contributed by atoms with van der Waals surface area (Å²) in [6.45, 7) is 5.12. The van der Waals surface area contributed by atoms with Gasteiger partial charge in [0.1, 0.15) is 5.82 Å². The monoisotopic (exact) mass is 318 g/mol. The molecule has 3 nitrogen and oxygen atoms in total. The molecule has 5 heteroatoms. The molecule has 1 aromatic heterocycles. The molecule has 0 atom stereocenters. The van der Waals surface area contributed by atoms with E-state index in [1.807, 2.05) is 23.3 Å². The maximum atomic E-state index is 13.0. The van der Waals surface area contributed by atoms with Crippen molar-refractivity contribution in [1.82, 2.24) is 4.90 Å². The molecule has 0 bridgehead atoms. The van der Waals surface area contributed by atoms with E-state index in [-0.39, 0.29) is 11.7 Å². The number of aryl methyl sites for hydroxylation is 1. The summed E-state index contributed by atoms with van der Waals surface area (Å²) in [6, 6.07) is 8.56. The van der Waals surface area contributed by atoms with E-state index in [4.69, 9.17) is 0 Å². The molecule has 2 heterocycles. The average molecular weight is 318 g/mol. The smallest absolute Gasteiger partial charge is 0.264 e. The first kappa shape index (κ1) is 15.0. The molecule has 0 radical (unpaired) electrons. The van der Waals surface area contributed by atoms with E-state index >= 15 is 0 Å². The molecule has 1 aliphatic rings. The second kappa shape index (κ2) is 6.48. The molecule has 116 valence electrons. The number of thiophene rings is 1. The SMILES string of the molecule is Cc1ccsc1C(=O)N1CCCN(c2ccc(F)cc2)CC1. The van der Waals surface area contributed by atoms with E-state index in [1.54, 1.807) is 12.1 Å². The van der Waals surface area contributed by atoms with Gasteiger partial charge in [-0.25, -0.2) is 4.39 Å². The molecule has 1 aliphatic heterocycles. The van der Waals surface area contributed by atoms with Crippen LogP contribution in [0.2, 0.25) is 0 Å². The van der Waals surface area contributed by atoms with Crippen LogP contribution in [0.25, 0.3) is 0 Å². The van der Waals surface area contributed by atoms with Crippen LogP contribution in [0.4, 0.5) is 10.1 Å². The van der Waals surface area contributed by atoms with Crippen molar-refractivity contribution in [3.05, 3.63) is 52.0 Å². The summed E-state index contributed by atoms with van der Waals surface area (Å²) in [6.07, 6.45) is 0.924. The van der Waals surface area contributed by atoms with Gasteiger partial charge < -0.3 is 9.80 Å². The van der Waals surface area contributed by atoms with Gasteiger partial charge in [-0.05, 0) is 54.6 Å². The number of carbonyl (C=O) groups is 1. The van der Waals surface area contributed by atoms with Crippen molar-refractivity contribution in [3.8, 4) is 0 Å². The van der Waals surface area contributed by atoms with Crippen LogP contribution in [0.5, 0.6) is 0 Å². The second-order valence-electron chi connectivity index (χ2n) is 5.54. The Morgan fingerprint density at radius 2 is 1.86 bits per heavy atom. The van der Waals surface area contributed by atoms with Gasteiger partial charge in [0.2, 0.25) is 0 Å². The number of hydrogen-bond donors (Lipinski definition) is 0. The number of nitrogens with zero attached hydrogens (tertiary/aromatic N) is 2. The first-order valence-corrected chi connectivity index (χ1v) is 8.37. The van der Waals surface area contributed by atoms with Gasteiger partial charge in [0.15, 0.2) is 0 Å². The summed E-state index contributed by atoms with van der Waals surface area (Å²) in [7, 11) is 0. The van der Waals surface area contributed by atoms with E-state index in [2.05, 4.69) is 4.90 Å². The van der Waals surface area contributed by atoms with E-state index in [0.29, 0.717) is 6.54 Å². The second-order valence-corrected chi connectivity index (χ2v) is 6.46. The first-order valence-electron chi connectivity index (χ1n) is 7.49. The highest BCUT2D eigenvalue weighted by Crippen LogP contribution is 2.21. The summed E-state index contributed by atoms with van der Waals surface area (Å²) in [5.41, 5.74) is 2.07. The standard InChI is InChI=1S/C17H19FN2OS/c1-13-7-12-22-16(13)17(21)20-9-2-8-19(10-11-20)15-5-3-14(18)4-6-15/h3-7,12H,2,8-11H2,1H3. The van der Waals surface area contributed by atoms with Crippen LogP contribution in [0.15, 0.2) is 35.7 Å². The number of amides is 1. The Morgan fingerprint density at radius 1 is 1.09 bits per heavy atom. The van der Waals surface area contributed by atoms with E-state index in [0.717, 1.165) is 42.2 Å². The Hall–Kier alpha value is -1.88. The van der Waals surface area contributed by atoms with Gasteiger partial charge in [-0.2, -0.15) is 0 Å². The molecule has 0 unspecified atom stereocenters. The zero-order chi connectivity index (χ0) is 15.5. The normalized spacial score (nSPS) is 15.7. The molecule has 22 heavy (non-hydrogen) atoms. The van der Waals surface area contributed by atoms with E-state index in [1.165, 1.54) is 23.5 Å². The van der Waals surface area contributed by atoms with Gasteiger partial charge in [0, 0.05) is 31.9 Å². The molecule has 0 spiro atoms. The average Bonchev–Trinajstić information content (AvgIpc) is 2.80. The van der Waals surface area contributed by atoms with Gasteiger partial charge in [-0.3, -0.25) is 4.79 Å². The molecular weight excluding hydrogens is 299 g/mol. The summed E-state index contributed by atoms with van der Waals surface area (Å²) in [4.78, 5) is 17.6. The van der Waals surface area contributed by atoms with Crippen LogP contribution in [0.1, 0.15) is 21.7 Å². The van der Waals surface area contributed by atoms with Gasteiger partial charge in [-0.15, -0.1) is 11.3 Å². The molecule has 0 N–H and O–H groups in total. The summed E-state index contributed by atoms with van der Waals surface area (Å²) >= 11 is 1.51. The van der Waals surface area contributed by atoms with E-state index in [9.17, 15) is 9.18 Å². The predicted octanol–water partition coefficient (Wildman–Crippen LogP) is 3.55. The first-order chi connectivity index (χ1) is 10.6. The number of benzene rings is 1. The van der Waals surface area contributed by atoms with Crippen molar-refractivity contribution in [2.45, 2.75) is 13.3 Å². The topological polar surface area (TPSA) is 23.6 Å². The Kier molecular flexibility index (Phi) is 4.43. The molecular formula is C17H19FN2OS. The minimum atomic E-state index is -0.219. The molecule has 1 amide bonds. The molecule has 3 rings (SSSR count). The minimum absolute atomic E-state index is 0.133. The van der Waals surface area contributed by atoms with Crippen molar-refractivity contribution in [3.63, 3.8) is 0 Å². The third-order valence-corrected chi connectivity index (χ3v) is 5.04. The Balaban J connectivity index is 1.68. The lowest BCUT2D eigenvalue weighted by molar-refractivity contribution is 0.0771. The highest BCUT2D eigenvalue weighted by molar-refractivity contribution is 7.12. The van der Waals surface area contributed by atoms with Crippen LogP contribution < -0.4 is 4.90 Å². The number of anilines is 1. The largest absolute Gasteiger partial charge is 0.370 e. The van der Waals surface area contributed by atoms with Gasteiger partial charge in [0.25, 0.3) is 5.91 Å². The van der Waals surface area contributed by atoms with Crippen molar-refractivity contribution in [2.24, 2.45) is 0 Å². The lowest BCUT2D eigenvalue weighted by Crippen LogP contribution is -2.35. The minimum Gasteiger partial charge on any atom is -0.370 e. The zero-order valence-corrected chi connectivity index (χ0v) is 13.4. The quantitative estimate of drug-likeness (QED) is 0.845. The van der Waals surface area contributed by atoms with Crippen molar-refractivity contribution in [1.29, 1.82) is 0 Å². The fourth-order valence-electron chi connectivity index (χ4n) is 2.77. The maximum Gasteiger partial charge on any atom is 0.264 e. The van der Waals surface area contributed by atoms with Crippen LogP contribution in [0.3, 0.4) is 0 Å². The third kappa shape index (κ3) is 3.14. The molecule has 0 saturated carbocycles. The van der Waals surface area contributed by atoms with Crippen molar-refractivity contribution >= 4 is 22.9 Å². The fraction of sp³-hybridized carbons (Fsp3) is 0.353. The fourth-order valence-corrected chi connectivity index (χ4v) is 3.66. The molecule has 1 aromatic carbocycles. The molecule has 2 aromatic rings. The van der Waals surface area contributed by atoms with Crippen LogP contribution in [0, 0.1) is 12.7 Å². The number of hydrogen-bond acceptors (Lipinski definition) is 3. The molecule has 1 saturated heterocycles. The van der Waals surface area contributed by atoms with Crippen LogP contribution in [-0.2, 0) is 0 Å².